The summed E-state index contributed by atoms with van der Waals surface area (Å²) in [5.74, 6) is -0.966. The molecule has 3 amide bonds. The molecule has 1 aliphatic heterocycles. The second-order valence-electron chi connectivity index (χ2n) is 8.42. The Balaban J connectivity index is 1.68. The number of carbonyl (C=O) groups is 3. The SMILES string of the molecule is CNC(=O)[C@@](C)(C(=O)NO)N(C)C(=O)c1ccc(-c2ccc(OCC3CCOCC3)cc2)cc1. The van der Waals surface area contributed by atoms with E-state index < -0.39 is 23.3 Å². The first kappa shape index (κ1) is 25.2. The number of hydrogen-bond acceptors (Lipinski definition) is 6. The van der Waals surface area contributed by atoms with E-state index in [1.807, 2.05) is 24.3 Å². The molecule has 0 bridgehead atoms. The number of ether oxygens (including phenoxy) is 2. The summed E-state index contributed by atoms with van der Waals surface area (Å²) in [4.78, 5) is 38.5. The third-order valence-electron chi connectivity index (χ3n) is 6.33. The molecule has 0 spiro atoms. The van der Waals surface area contributed by atoms with Crippen LogP contribution in [0.15, 0.2) is 48.5 Å². The summed E-state index contributed by atoms with van der Waals surface area (Å²) in [6.45, 7) is 3.52. The molecule has 2 aromatic carbocycles. The Hall–Kier alpha value is -3.43. The van der Waals surface area contributed by atoms with Crippen LogP contribution in [-0.2, 0) is 14.3 Å². The van der Waals surface area contributed by atoms with E-state index in [-0.39, 0.29) is 0 Å². The fourth-order valence-electron chi connectivity index (χ4n) is 3.83. The van der Waals surface area contributed by atoms with Gasteiger partial charge in [-0.3, -0.25) is 19.6 Å². The number of amides is 3. The third kappa shape index (κ3) is 5.37. The van der Waals surface area contributed by atoms with Gasteiger partial charge in [-0.05, 0) is 61.1 Å². The third-order valence-corrected chi connectivity index (χ3v) is 6.33. The van der Waals surface area contributed by atoms with Crippen molar-refractivity contribution in [2.45, 2.75) is 25.3 Å². The maximum atomic E-state index is 13.0. The number of rotatable bonds is 8. The van der Waals surface area contributed by atoms with Gasteiger partial charge >= 0.3 is 0 Å². The summed E-state index contributed by atoms with van der Waals surface area (Å²) in [5.41, 5.74) is 1.68. The lowest BCUT2D eigenvalue weighted by molar-refractivity contribution is -0.148. The van der Waals surface area contributed by atoms with Gasteiger partial charge in [0, 0.05) is 32.9 Å². The first-order chi connectivity index (χ1) is 16.3. The van der Waals surface area contributed by atoms with Gasteiger partial charge in [0.25, 0.3) is 17.7 Å². The molecule has 3 N–H and O–H groups in total. The van der Waals surface area contributed by atoms with Crippen molar-refractivity contribution >= 4 is 17.7 Å². The summed E-state index contributed by atoms with van der Waals surface area (Å²) in [6, 6.07) is 14.6. The predicted octanol–water partition coefficient (Wildman–Crippen LogP) is 2.24. The Labute approximate surface area is 199 Å². The Bertz CT molecular complexity index is 984. The second kappa shape index (κ2) is 11.1. The largest absolute Gasteiger partial charge is 0.493 e. The molecule has 0 radical (unpaired) electrons. The number of hydroxylamine groups is 1. The Morgan fingerprint density at radius 2 is 1.59 bits per heavy atom. The molecule has 9 nitrogen and oxygen atoms in total. The molecule has 34 heavy (non-hydrogen) atoms. The number of hydrogen-bond donors (Lipinski definition) is 3. The van der Waals surface area contributed by atoms with E-state index in [9.17, 15) is 14.4 Å². The van der Waals surface area contributed by atoms with Crippen molar-refractivity contribution in [3.8, 4) is 16.9 Å². The minimum atomic E-state index is -1.93. The zero-order valence-electron chi connectivity index (χ0n) is 19.7. The van der Waals surface area contributed by atoms with Crippen LogP contribution in [0.25, 0.3) is 11.1 Å². The van der Waals surface area contributed by atoms with Crippen LogP contribution in [0.4, 0.5) is 0 Å². The van der Waals surface area contributed by atoms with Crippen LogP contribution in [0.5, 0.6) is 5.75 Å². The number of likely N-dealkylation sites (N-methyl/N-ethyl adjacent to an activating group) is 2. The van der Waals surface area contributed by atoms with Gasteiger partial charge in [0.2, 0.25) is 0 Å². The topological polar surface area (TPSA) is 117 Å². The minimum Gasteiger partial charge on any atom is -0.493 e. The van der Waals surface area contributed by atoms with Gasteiger partial charge in [-0.2, -0.15) is 0 Å². The van der Waals surface area contributed by atoms with Gasteiger partial charge in [0.1, 0.15) is 5.75 Å². The van der Waals surface area contributed by atoms with Gasteiger partial charge in [0.15, 0.2) is 5.54 Å². The molecule has 9 heteroatoms. The van der Waals surface area contributed by atoms with E-state index in [0.717, 1.165) is 47.8 Å². The molecule has 182 valence electrons. The minimum absolute atomic E-state index is 0.295. The van der Waals surface area contributed by atoms with Crippen LogP contribution in [0, 0.1) is 5.92 Å². The highest BCUT2D eigenvalue weighted by Gasteiger charge is 2.47. The van der Waals surface area contributed by atoms with E-state index in [0.29, 0.717) is 18.1 Å². The maximum absolute atomic E-state index is 13.0. The van der Waals surface area contributed by atoms with Crippen molar-refractivity contribution in [2.24, 2.45) is 5.92 Å². The zero-order chi connectivity index (χ0) is 24.7. The first-order valence-corrected chi connectivity index (χ1v) is 11.2. The van der Waals surface area contributed by atoms with Crippen molar-refractivity contribution in [2.75, 3.05) is 33.9 Å². The average molecular weight is 470 g/mol. The molecule has 3 rings (SSSR count). The molecule has 0 saturated carbocycles. The second-order valence-corrected chi connectivity index (χ2v) is 8.42. The lowest BCUT2D eigenvalue weighted by Crippen LogP contribution is -2.64. The highest BCUT2D eigenvalue weighted by atomic mass is 16.5. The average Bonchev–Trinajstić information content (AvgIpc) is 2.90. The summed E-state index contributed by atoms with van der Waals surface area (Å²) in [6.07, 6.45) is 2.04. The quantitative estimate of drug-likeness (QED) is 0.310. The number of carbonyl (C=O) groups excluding carboxylic acids is 3. The van der Waals surface area contributed by atoms with Gasteiger partial charge in [-0.15, -0.1) is 0 Å². The van der Waals surface area contributed by atoms with E-state index in [4.69, 9.17) is 14.7 Å². The van der Waals surface area contributed by atoms with E-state index in [1.165, 1.54) is 26.5 Å². The Morgan fingerprint density at radius 3 is 2.12 bits per heavy atom. The molecular formula is C25H31N3O6. The maximum Gasteiger partial charge on any atom is 0.278 e. The molecule has 0 aliphatic carbocycles. The van der Waals surface area contributed by atoms with Crippen molar-refractivity contribution in [3.05, 3.63) is 54.1 Å². The normalized spacial score (nSPS) is 15.6. The van der Waals surface area contributed by atoms with Gasteiger partial charge in [0.05, 0.1) is 6.61 Å². The van der Waals surface area contributed by atoms with Crippen LogP contribution >= 0.6 is 0 Å². The smallest absolute Gasteiger partial charge is 0.278 e. The number of nitrogens with one attached hydrogen (secondary N) is 2. The standard InChI is InChI=1S/C25H31N3O6/c1-25(23(30)26-2,24(31)27-32)28(3)22(29)20-6-4-18(5-7-20)19-8-10-21(11-9-19)34-16-17-12-14-33-15-13-17/h4-11,17,32H,12-16H2,1-3H3,(H,26,30)(H,27,31)/t25-/m0/s1. The molecule has 0 unspecified atom stereocenters. The summed E-state index contributed by atoms with van der Waals surface area (Å²) < 4.78 is 11.3. The molecule has 1 fully saturated rings. The summed E-state index contributed by atoms with van der Waals surface area (Å²) >= 11 is 0. The molecule has 0 aromatic heterocycles. The predicted molar refractivity (Wildman–Crippen MR) is 125 cm³/mol. The molecule has 2 aromatic rings. The highest BCUT2D eigenvalue weighted by Crippen LogP contribution is 2.25. The van der Waals surface area contributed by atoms with Crippen molar-refractivity contribution in [1.29, 1.82) is 0 Å². The summed E-state index contributed by atoms with van der Waals surface area (Å²) in [5, 5.41) is 11.4. The van der Waals surface area contributed by atoms with E-state index in [2.05, 4.69) is 5.32 Å². The molecular weight excluding hydrogens is 438 g/mol. The van der Waals surface area contributed by atoms with Crippen LogP contribution in [0.3, 0.4) is 0 Å². The van der Waals surface area contributed by atoms with Gasteiger partial charge in [-0.25, -0.2) is 5.48 Å². The fraction of sp³-hybridized carbons (Fsp3) is 0.400. The summed E-state index contributed by atoms with van der Waals surface area (Å²) in [7, 11) is 2.68. The highest BCUT2D eigenvalue weighted by molar-refractivity contribution is 6.12. The van der Waals surface area contributed by atoms with Crippen molar-refractivity contribution < 1.29 is 29.1 Å². The van der Waals surface area contributed by atoms with Crippen molar-refractivity contribution in [3.63, 3.8) is 0 Å². The first-order valence-electron chi connectivity index (χ1n) is 11.2. The van der Waals surface area contributed by atoms with Crippen molar-refractivity contribution in [1.82, 2.24) is 15.7 Å². The van der Waals surface area contributed by atoms with E-state index in [1.54, 1.807) is 24.3 Å². The van der Waals surface area contributed by atoms with Crippen LogP contribution in [0.2, 0.25) is 0 Å². The van der Waals surface area contributed by atoms with Crippen LogP contribution in [-0.4, -0.2) is 67.3 Å². The Morgan fingerprint density at radius 1 is 1.03 bits per heavy atom. The monoisotopic (exact) mass is 469 g/mol. The van der Waals surface area contributed by atoms with Gasteiger partial charge in [-0.1, -0.05) is 24.3 Å². The number of nitrogens with zero attached hydrogens (tertiary/aromatic N) is 1. The molecule has 1 aliphatic rings. The van der Waals surface area contributed by atoms with Crippen LogP contribution < -0.4 is 15.5 Å². The molecule has 1 atom stereocenters. The Kier molecular flexibility index (Phi) is 8.25. The van der Waals surface area contributed by atoms with Gasteiger partial charge < -0.3 is 19.7 Å². The fourth-order valence-corrected chi connectivity index (χ4v) is 3.83. The molecule has 1 saturated heterocycles. The van der Waals surface area contributed by atoms with E-state index >= 15 is 0 Å². The lowest BCUT2D eigenvalue weighted by atomic mass is 9.96. The van der Waals surface area contributed by atoms with Crippen LogP contribution in [0.1, 0.15) is 30.1 Å². The number of benzene rings is 2. The molecule has 1 heterocycles. The zero-order valence-corrected chi connectivity index (χ0v) is 19.7. The lowest BCUT2D eigenvalue weighted by Gasteiger charge is -2.34.